The normalized spacial score (nSPS) is 12.4. The maximum atomic E-state index is 5.70. The number of rotatable bonds is 9. The lowest BCUT2D eigenvalue weighted by Gasteiger charge is -2.20. The molecule has 0 radical (unpaired) electrons. The Labute approximate surface area is 344 Å². The third-order valence-corrected chi connectivity index (χ3v) is 12.8. The van der Waals surface area contributed by atoms with E-state index in [1.807, 2.05) is 17.4 Å². The van der Waals surface area contributed by atoms with Crippen LogP contribution in [0, 0.1) is 13.8 Å². The third-order valence-electron chi connectivity index (χ3n) is 11.7. The third kappa shape index (κ3) is 6.11. The predicted molar refractivity (Wildman–Crippen MR) is 256 cm³/mol. The second kappa shape index (κ2) is 15.2. The van der Waals surface area contributed by atoms with Gasteiger partial charge in [-0.3, -0.25) is 9.56 Å². The largest absolute Gasteiger partial charge is 0.290 e. The summed E-state index contributed by atoms with van der Waals surface area (Å²) in [5, 5.41) is 9.95. The second-order valence-electron chi connectivity index (χ2n) is 15.4. The van der Waals surface area contributed by atoms with Crippen LogP contribution in [-0.2, 0) is 0 Å². The van der Waals surface area contributed by atoms with Crippen LogP contribution in [0.2, 0.25) is 0 Å². The number of aromatic nitrogens is 1. The van der Waals surface area contributed by atoms with Crippen molar-refractivity contribution in [3.05, 3.63) is 180 Å². The molecule has 0 spiro atoms. The van der Waals surface area contributed by atoms with Gasteiger partial charge in [-0.1, -0.05) is 127 Å². The van der Waals surface area contributed by atoms with E-state index in [0.717, 1.165) is 52.3 Å². The van der Waals surface area contributed by atoms with Crippen molar-refractivity contribution in [1.29, 1.82) is 0 Å². The number of allylic oxidation sites excluding steroid dienone is 3. The lowest BCUT2D eigenvalue weighted by molar-refractivity contribution is 0.957. The predicted octanol–water partition coefficient (Wildman–Crippen LogP) is 15.3. The quantitative estimate of drug-likeness (QED) is 0.0606. The number of aliphatic imine (C=N–C) groups is 2. The highest BCUT2D eigenvalue weighted by molar-refractivity contribution is 7.27. The van der Waals surface area contributed by atoms with Gasteiger partial charge in [0.25, 0.3) is 0 Å². The minimum absolute atomic E-state index is 0.589. The first-order valence-electron chi connectivity index (χ1n) is 20.3. The van der Waals surface area contributed by atoms with Crippen molar-refractivity contribution in [3.8, 4) is 11.1 Å². The molecular weight excluding hydrogens is 723 g/mol. The zero-order chi connectivity index (χ0) is 40.1. The van der Waals surface area contributed by atoms with Crippen LogP contribution in [0.25, 0.3) is 74.6 Å². The summed E-state index contributed by atoms with van der Waals surface area (Å²) in [5.41, 5.74) is 12.1. The molecule has 4 heteroatoms. The van der Waals surface area contributed by atoms with Gasteiger partial charge < -0.3 is 0 Å². The number of para-hydroxylation sites is 1. The van der Waals surface area contributed by atoms with E-state index in [2.05, 4.69) is 173 Å². The molecule has 7 aromatic carbocycles. The van der Waals surface area contributed by atoms with Crippen LogP contribution in [0.5, 0.6) is 0 Å². The number of nitrogens with zero attached hydrogens (tertiary/aromatic N) is 3. The monoisotopic (exact) mass is 769 g/mol. The fraction of sp³-hybridized carbons (Fsp3) is 0.148. The van der Waals surface area contributed by atoms with Crippen LogP contribution < -0.4 is 0 Å². The molecule has 0 atom stereocenters. The molecule has 0 fully saturated rings. The molecule has 9 aromatic rings. The van der Waals surface area contributed by atoms with Crippen LogP contribution in [0.4, 0.5) is 0 Å². The minimum atomic E-state index is 0.589. The average molecular weight is 770 g/mol. The number of hydrogen-bond acceptors (Lipinski definition) is 3. The van der Waals surface area contributed by atoms with Crippen LogP contribution in [-0.4, -0.2) is 22.7 Å². The van der Waals surface area contributed by atoms with E-state index in [1.54, 1.807) is 0 Å². The highest BCUT2D eigenvalue weighted by Crippen LogP contribution is 2.48. The van der Waals surface area contributed by atoms with Crippen LogP contribution in [0.1, 0.15) is 50.3 Å². The Morgan fingerprint density at radius 2 is 1.38 bits per heavy atom. The SMILES string of the molecule is C=CCCC(C(=C)N=C(C(=NCC)c1cccc(-c2ccccc2C)c1C)n1c2ccccc2c2c3ccccc3c3c4cc5ccccc5cc4sc3c21)=C(C)C. The van der Waals surface area contributed by atoms with Crippen molar-refractivity contribution in [2.45, 2.75) is 47.5 Å². The summed E-state index contributed by atoms with van der Waals surface area (Å²) < 4.78 is 4.93. The molecule has 0 N–H and O–H groups in total. The van der Waals surface area contributed by atoms with E-state index >= 15 is 0 Å². The van der Waals surface area contributed by atoms with Crippen LogP contribution in [0.3, 0.4) is 0 Å². The van der Waals surface area contributed by atoms with Crippen LogP contribution in [0.15, 0.2) is 173 Å². The topological polar surface area (TPSA) is 29.6 Å². The van der Waals surface area contributed by atoms with Crippen molar-refractivity contribution in [3.63, 3.8) is 0 Å². The van der Waals surface area contributed by atoms with Gasteiger partial charge in [-0.15, -0.1) is 17.9 Å². The van der Waals surface area contributed by atoms with Crippen molar-refractivity contribution in [1.82, 2.24) is 4.57 Å². The van der Waals surface area contributed by atoms with Gasteiger partial charge in [0, 0.05) is 38.4 Å². The molecule has 0 unspecified atom stereocenters. The van der Waals surface area contributed by atoms with Crippen molar-refractivity contribution < 1.29 is 0 Å². The van der Waals surface area contributed by atoms with Crippen molar-refractivity contribution in [2.24, 2.45) is 9.98 Å². The highest BCUT2D eigenvalue weighted by Gasteiger charge is 2.27. The molecule has 0 saturated heterocycles. The van der Waals surface area contributed by atoms with E-state index in [1.165, 1.54) is 80.3 Å². The summed E-state index contributed by atoms with van der Waals surface area (Å²) in [4.78, 5) is 11.1. The maximum Gasteiger partial charge on any atom is 0.164 e. The first-order chi connectivity index (χ1) is 28.3. The standard InChI is InChI=1S/C54H47N3S/c1-8-10-23-39(33(3)4)36(7)56-54(51(55-9-2)42-29-19-28-41(35(42)6)40-24-14-11-20-34(40)5)57-47-30-18-17-27-45(47)49-43-25-15-16-26-44(43)50-46-31-37-21-12-13-22-38(37)32-48(46)58-53(50)52(49)57/h8,11-22,24-32H,1,7,9-10,23H2,2-6H3. The van der Waals surface area contributed by atoms with E-state index in [4.69, 9.17) is 16.6 Å². The van der Waals surface area contributed by atoms with E-state index in [0.29, 0.717) is 6.54 Å². The first-order valence-corrected chi connectivity index (χ1v) is 21.1. The fourth-order valence-electron chi connectivity index (χ4n) is 8.91. The molecule has 0 aliphatic rings. The Hall–Kier alpha value is -6.36. The molecule has 2 aromatic heterocycles. The second-order valence-corrected chi connectivity index (χ2v) is 16.5. The number of hydrogen-bond donors (Lipinski definition) is 0. The van der Waals surface area contributed by atoms with Gasteiger partial charge in [0.05, 0.1) is 21.4 Å². The summed E-state index contributed by atoms with van der Waals surface area (Å²) in [5.74, 6) is 0.777. The highest BCUT2D eigenvalue weighted by atomic mass is 32.1. The van der Waals surface area contributed by atoms with Crippen molar-refractivity contribution >= 4 is 86.4 Å². The molecule has 0 amide bonds. The summed E-state index contributed by atoms with van der Waals surface area (Å²) in [7, 11) is 0. The molecule has 0 bridgehead atoms. The summed E-state index contributed by atoms with van der Waals surface area (Å²) >= 11 is 1.88. The molecule has 0 aliphatic carbocycles. The average Bonchev–Trinajstić information content (AvgIpc) is 3.78. The molecule has 3 nitrogen and oxygen atoms in total. The first kappa shape index (κ1) is 37.2. The maximum absolute atomic E-state index is 5.70. The Bertz CT molecular complexity index is 3230. The van der Waals surface area contributed by atoms with Gasteiger partial charge in [-0.2, -0.15) is 0 Å². The molecular formula is C54H47N3S. The summed E-state index contributed by atoms with van der Waals surface area (Å²) in [6.07, 6.45) is 3.64. The Kier molecular flexibility index (Phi) is 9.75. The molecule has 0 aliphatic heterocycles. The fourth-order valence-corrected chi connectivity index (χ4v) is 10.2. The minimum Gasteiger partial charge on any atom is -0.290 e. The Morgan fingerprint density at radius 3 is 2.10 bits per heavy atom. The zero-order valence-corrected chi connectivity index (χ0v) is 34.8. The van der Waals surface area contributed by atoms with Gasteiger partial charge in [-0.05, 0) is 115 Å². The Morgan fingerprint density at radius 1 is 0.724 bits per heavy atom. The van der Waals surface area contributed by atoms with E-state index < -0.39 is 0 Å². The lowest BCUT2D eigenvalue weighted by Crippen LogP contribution is -2.26. The van der Waals surface area contributed by atoms with Crippen molar-refractivity contribution in [2.75, 3.05) is 6.54 Å². The smallest absolute Gasteiger partial charge is 0.164 e. The van der Waals surface area contributed by atoms with Gasteiger partial charge in [0.1, 0.15) is 5.71 Å². The number of thiophene rings is 1. The molecule has 58 heavy (non-hydrogen) atoms. The zero-order valence-electron chi connectivity index (χ0n) is 34.0. The van der Waals surface area contributed by atoms with E-state index in [9.17, 15) is 0 Å². The molecule has 2 heterocycles. The van der Waals surface area contributed by atoms with Gasteiger partial charge in [-0.25, -0.2) is 4.99 Å². The number of benzene rings is 7. The lowest BCUT2D eigenvalue weighted by atomic mass is 9.91. The molecule has 0 saturated carbocycles. The summed E-state index contributed by atoms with van der Waals surface area (Å²) in [6.45, 7) is 20.2. The number of aryl methyl sites for hydroxylation is 1. The summed E-state index contributed by atoms with van der Waals surface area (Å²) in [6, 6.07) is 46.5. The van der Waals surface area contributed by atoms with Gasteiger partial charge in [0.2, 0.25) is 0 Å². The van der Waals surface area contributed by atoms with E-state index in [-0.39, 0.29) is 0 Å². The molecule has 284 valence electrons. The van der Waals surface area contributed by atoms with Gasteiger partial charge in [0.15, 0.2) is 5.84 Å². The molecule has 9 rings (SSSR count). The Balaban J connectivity index is 1.46. The van der Waals surface area contributed by atoms with Gasteiger partial charge >= 0.3 is 0 Å². The number of fused-ring (bicyclic) bond motifs is 11. The van der Waals surface area contributed by atoms with Crippen LogP contribution >= 0.6 is 11.3 Å².